The highest BCUT2D eigenvalue weighted by Gasteiger charge is 2.62. The smallest absolute Gasteiger partial charge is 0.299 e. The lowest BCUT2D eigenvalue weighted by Crippen LogP contribution is -2.44. The number of hydrogen-bond donors (Lipinski definition) is 1. The first-order chi connectivity index (χ1) is 7.84. The quantitative estimate of drug-likeness (QED) is 0.892. The van der Waals surface area contributed by atoms with Crippen molar-refractivity contribution in [2.24, 2.45) is 0 Å². The van der Waals surface area contributed by atoms with Gasteiger partial charge in [-0.2, -0.15) is 13.2 Å². The SMILES string of the molecule is Cc1cc(CNC2(C(F)(F)F)CC2)ccc1Br. The van der Waals surface area contributed by atoms with E-state index in [0.717, 1.165) is 15.6 Å². The number of nitrogens with one attached hydrogen (secondary N) is 1. The van der Waals surface area contributed by atoms with Gasteiger partial charge in [-0.25, -0.2) is 0 Å². The highest BCUT2D eigenvalue weighted by molar-refractivity contribution is 9.10. The molecule has 94 valence electrons. The lowest BCUT2D eigenvalue weighted by molar-refractivity contribution is -0.166. The molecule has 0 aliphatic heterocycles. The Bertz CT molecular complexity index is 424. The van der Waals surface area contributed by atoms with Crippen LogP contribution in [0.2, 0.25) is 0 Å². The van der Waals surface area contributed by atoms with Gasteiger partial charge in [0.05, 0.1) is 0 Å². The molecule has 0 unspecified atom stereocenters. The molecule has 1 nitrogen and oxygen atoms in total. The van der Waals surface area contributed by atoms with Crippen LogP contribution in [0.3, 0.4) is 0 Å². The van der Waals surface area contributed by atoms with Crippen LogP contribution in [-0.4, -0.2) is 11.7 Å². The van der Waals surface area contributed by atoms with Crippen LogP contribution in [0.5, 0.6) is 0 Å². The Morgan fingerprint density at radius 1 is 1.35 bits per heavy atom. The molecule has 1 fully saturated rings. The van der Waals surface area contributed by atoms with Gasteiger partial charge in [-0.05, 0) is 37.0 Å². The molecule has 1 N–H and O–H groups in total. The maximum atomic E-state index is 12.7. The predicted octanol–water partition coefficient (Wildman–Crippen LogP) is 3.94. The summed E-state index contributed by atoms with van der Waals surface area (Å²) in [5.41, 5.74) is 0.274. The van der Waals surface area contributed by atoms with Crippen molar-refractivity contribution in [1.82, 2.24) is 5.32 Å². The molecule has 17 heavy (non-hydrogen) atoms. The minimum absolute atomic E-state index is 0.187. The average molecular weight is 308 g/mol. The summed E-state index contributed by atoms with van der Waals surface area (Å²) in [4.78, 5) is 0. The van der Waals surface area contributed by atoms with Crippen LogP contribution in [0.25, 0.3) is 0 Å². The monoisotopic (exact) mass is 307 g/mol. The summed E-state index contributed by atoms with van der Waals surface area (Å²) in [6, 6.07) is 5.58. The van der Waals surface area contributed by atoms with Gasteiger partial charge >= 0.3 is 6.18 Å². The normalized spacial score (nSPS) is 18.2. The fourth-order valence-electron chi connectivity index (χ4n) is 1.77. The lowest BCUT2D eigenvalue weighted by atomic mass is 10.1. The van der Waals surface area contributed by atoms with E-state index < -0.39 is 11.7 Å². The molecule has 2 rings (SSSR count). The summed E-state index contributed by atoms with van der Waals surface area (Å²) in [6.07, 6.45) is -3.77. The van der Waals surface area contributed by atoms with E-state index in [1.54, 1.807) is 0 Å². The third-order valence-corrected chi connectivity index (χ3v) is 4.04. The van der Waals surface area contributed by atoms with Crippen molar-refractivity contribution in [2.75, 3.05) is 0 Å². The van der Waals surface area contributed by atoms with Gasteiger partial charge in [0.25, 0.3) is 0 Å². The lowest BCUT2D eigenvalue weighted by Gasteiger charge is -2.20. The van der Waals surface area contributed by atoms with E-state index in [1.165, 1.54) is 0 Å². The molecule has 1 aromatic rings. The summed E-state index contributed by atoms with van der Waals surface area (Å²) >= 11 is 3.36. The van der Waals surface area contributed by atoms with Crippen molar-refractivity contribution in [1.29, 1.82) is 0 Å². The maximum Gasteiger partial charge on any atom is 0.406 e. The van der Waals surface area contributed by atoms with Crippen LogP contribution in [0.15, 0.2) is 22.7 Å². The molecule has 0 aromatic heterocycles. The maximum absolute atomic E-state index is 12.7. The zero-order chi connectivity index (χ0) is 12.7. The molecule has 0 saturated heterocycles. The molecular weight excluding hydrogens is 295 g/mol. The second-order valence-electron chi connectivity index (χ2n) is 4.52. The van der Waals surface area contributed by atoms with Crippen molar-refractivity contribution in [2.45, 2.75) is 38.0 Å². The molecule has 1 aliphatic carbocycles. The van der Waals surface area contributed by atoms with Gasteiger partial charge < -0.3 is 0 Å². The molecule has 1 saturated carbocycles. The van der Waals surface area contributed by atoms with Gasteiger partial charge in [0, 0.05) is 11.0 Å². The molecule has 1 aromatic carbocycles. The molecule has 1 aliphatic rings. The van der Waals surface area contributed by atoms with Gasteiger partial charge in [-0.3, -0.25) is 5.32 Å². The topological polar surface area (TPSA) is 12.0 Å². The number of alkyl halides is 3. The Labute approximate surface area is 107 Å². The van der Waals surface area contributed by atoms with E-state index in [0.29, 0.717) is 0 Å². The average Bonchev–Trinajstić information content (AvgIpc) is 3.00. The van der Waals surface area contributed by atoms with Crippen LogP contribution in [0.4, 0.5) is 13.2 Å². The fraction of sp³-hybridized carbons (Fsp3) is 0.500. The molecular formula is C12H13BrF3N. The fourth-order valence-corrected chi connectivity index (χ4v) is 2.02. The first kappa shape index (κ1) is 12.9. The van der Waals surface area contributed by atoms with Crippen molar-refractivity contribution >= 4 is 15.9 Å². The molecule has 0 bridgehead atoms. The Morgan fingerprint density at radius 3 is 2.47 bits per heavy atom. The number of hydrogen-bond acceptors (Lipinski definition) is 1. The van der Waals surface area contributed by atoms with Crippen molar-refractivity contribution in [3.63, 3.8) is 0 Å². The zero-order valence-electron chi connectivity index (χ0n) is 9.37. The van der Waals surface area contributed by atoms with Crippen LogP contribution in [0.1, 0.15) is 24.0 Å². The Kier molecular flexibility index (Phi) is 3.25. The Hall–Kier alpha value is -0.550. The minimum atomic E-state index is -4.14. The Balaban J connectivity index is 2.01. The first-order valence-corrected chi connectivity index (χ1v) is 6.20. The summed E-state index contributed by atoms with van der Waals surface area (Å²) in [5.74, 6) is 0. The van der Waals surface area contributed by atoms with E-state index in [4.69, 9.17) is 0 Å². The molecule has 0 heterocycles. The third-order valence-electron chi connectivity index (χ3n) is 3.15. The molecule has 5 heteroatoms. The summed E-state index contributed by atoms with van der Waals surface area (Å²) < 4.78 is 39.0. The Morgan fingerprint density at radius 2 is 2.00 bits per heavy atom. The van der Waals surface area contributed by atoms with Crippen LogP contribution >= 0.6 is 15.9 Å². The van der Waals surface area contributed by atoms with E-state index in [9.17, 15) is 13.2 Å². The van der Waals surface area contributed by atoms with Gasteiger partial charge in [-0.1, -0.05) is 28.1 Å². The standard InChI is InChI=1S/C12H13BrF3N/c1-8-6-9(2-3-10(8)13)7-17-11(4-5-11)12(14,15)16/h2-3,6,17H,4-5,7H2,1H3. The molecule has 0 atom stereocenters. The molecule has 0 spiro atoms. The van der Waals surface area contributed by atoms with Crippen LogP contribution < -0.4 is 5.32 Å². The van der Waals surface area contributed by atoms with Gasteiger partial charge in [0.1, 0.15) is 5.54 Å². The zero-order valence-corrected chi connectivity index (χ0v) is 11.0. The largest absolute Gasteiger partial charge is 0.406 e. The summed E-state index contributed by atoms with van der Waals surface area (Å²) in [5, 5.41) is 2.63. The van der Waals surface area contributed by atoms with E-state index in [2.05, 4.69) is 21.2 Å². The highest BCUT2D eigenvalue weighted by atomic mass is 79.9. The summed E-state index contributed by atoms with van der Waals surface area (Å²) in [6.45, 7) is 2.18. The number of halogens is 4. The van der Waals surface area contributed by atoms with Gasteiger partial charge in [0.15, 0.2) is 0 Å². The van der Waals surface area contributed by atoms with Crippen molar-refractivity contribution < 1.29 is 13.2 Å². The first-order valence-electron chi connectivity index (χ1n) is 5.41. The van der Waals surface area contributed by atoms with Gasteiger partial charge in [-0.15, -0.1) is 0 Å². The second kappa shape index (κ2) is 4.28. The van der Waals surface area contributed by atoms with Crippen LogP contribution in [-0.2, 0) is 6.54 Å². The van der Waals surface area contributed by atoms with E-state index >= 15 is 0 Å². The van der Waals surface area contributed by atoms with Crippen LogP contribution in [0, 0.1) is 6.92 Å². The third kappa shape index (κ3) is 2.65. The second-order valence-corrected chi connectivity index (χ2v) is 5.37. The number of aryl methyl sites for hydroxylation is 1. The number of rotatable bonds is 3. The van der Waals surface area contributed by atoms with E-state index in [1.807, 2.05) is 25.1 Å². The predicted molar refractivity (Wildman–Crippen MR) is 63.7 cm³/mol. The summed E-state index contributed by atoms with van der Waals surface area (Å²) in [7, 11) is 0. The molecule has 0 amide bonds. The highest BCUT2D eigenvalue weighted by Crippen LogP contribution is 2.49. The minimum Gasteiger partial charge on any atom is -0.299 e. The van der Waals surface area contributed by atoms with E-state index in [-0.39, 0.29) is 19.4 Å². The number of benzene rings is 1. The molecule has 0 radical (unpaired) electrons. The van der Waals surface area contributed by atoms with Gasteiger partial charge in [0.2, 0.25) is 0 Å². The van der Waals surface area contributed by atoms with Crippen molar-refractivity contribution in [3.05, 3.63) is 33.8 Å². The van der Waals surface area contributed by atoms with Crippen molar-refractivity contribution in [3.8, 4) is 0 Å².